The van der Waals surface area contributed by atoms with Crippen LogP contribution < -0.4 is 0 Å². The van der Waals surface area contributed by atoms with Crippen LogP contribution in [0.2, 0.25) is 0 Å². The standard InChI is InChI=1S/C20H26N4O2/c1-2-24-17-10-11-23(19(25)12-15-8-9-15)18(20(17)21-22-24)14-26-13-16-6-4-3-5-7-16/h3-7,15,18H,2,8-14H2,1H3/t18-/m1/s1. The molecule has 2 heterocycles. The maximum absolute atomic E-state index is 12.8. The first-order valence-electron chi connectivity index (χ1n) is 9.59. The van der Waals surface area contributed by atoms with Gasteiger partial charge in [-0.2, -0.15) is 0 Å². The van der Waals surface area contributed by atoms with Crippen LogP contribution in [0.3, 0.4) is 0 Å². The molecular formula is C20H26N4O2. The van der Waals surface area contributed by atoms with E-state index >= 15 is 0 Å². The zero-order chi connectivity index (χ0) is 17.9. The van der Waals surface area contributed by atoms with Crippen LogP contribution in [0.1, 0.15) is 49.2 Å². The highest BCUT2D eigenvalue weighted by Crippen LogP contribution is 2.35. The highest BCUT2D eigenvalue weighted by Gasteiger charge is 2.36. The van der Waals surface area contributed by atoms with Crippen LogP contribution >= 0.6 is 0 Å². The third-order valence-electron chi connectivity index (χ3n) is 5.32. The van der Waals surface area contributed by atoms with E-state index in [2.05, 4.69) is 29.4 Å². The highest BCUT2D eigenvalue weighted by molar-refractivity contribution is 5.77. The van der Waals surface area contributed by atoms with E-state index in [0.717, 1.165) is 36.5 Å². The average Bonchev–Trinajstić information content (AvgIpc) is 3.38. The lowest BCUT2D eigenvalue weighted by Gasteiger charge is -2.35. The number of carbonyl (C=O) groups excluding carboxylic acids is 1. The summed E-state index contributed by atoms with van der Waals surface area (Å²) in [6.07, 6.45) is 3.85. The van der Waals surface area contributed by atoms with Crippen molar-refractivity contribution in [1.29, 1.82) is 0 Å². The number of aromatic nitrogens is 3. The number of benzene rings is 1. The van der Waals surface area contributed by atoms with Gasteiger partial charge in [-0.15, -0.1) is 5.10 Å². The minimum atomic E-state index is -0.131. The van der Waals surface area contributed by atoms with Crippen molar-refractivity contribution in [3.63, 3.8) is 0 Å². The monoisotopic (exact) mass is 354 g/mol. The van der Waals surface area contributed by atoms with Crippen molar-refractivity contribution in [3.05, 3.63) is 47.3 Å². The second-order valence-electron chi connectivity index (χ2n) is 7.24. The summed E-state index contributed by atoms with van der Waals surface area (Å²) in [7, 11) is 0. The molecule has 6 heteroatoms. The Morgan fingerprint density at radius 1 is 1.27 bits per heavy atom. The van der Waals surface area contributed by atoms with Gasteiger partial charge in [0.05, 0.1) is 18.9 Å². The molecule has 0 saturated heterocycles. The highest BCUT2D eigenvalue weighted by atomic mass is 16.5. The normalized spacial score (nSPS) is 19.4. The first-order chi connectivity index (χ1) is 12.8. The van der Waals surface area contributed by atoms with Gasteiger partial charge in [-0.3, -0.25) is 4.79 Å². The fourth-order valence-electron chi connectivity index (χ4n) is 3.66. The maximum Gasteiger partial charge on any atom is 0.223 e. The Hall–Kier alpha value is -2.21. The second kappa shape index (κ2) is 7.58. The van der Waals surface area contributed by atoms with Crippen molar-refractivity contribution in [1.82, 2.24) is 19.9 Å². The summed E-state index contributed by atoms with van der Waals surface area (Å²) in [6.45, 7) is 4.60. The smallest absolute Gasteiger partial charge is 0.223 e. The number of hydrogen-bond donors (Lipinski definition) is 0. The van der Waals surface area contributed by atoms with Gasteiger partial charge in [0.1, 0.15) is 11.7 Å². The fraction of sp³-hybridized carbons (Fsp3) is 0.550. The van der Waals surface area contributed by atoms with E-state index in [1.807, 2.05) is 27.8 Å². The summed E-state index contributed by atoms with van der Waals surface area (Å²) in [4.78, 5) is 14.8. The average molecular weight is 354 g/mol. The van der Waals surface area contributed by atoms with Crippen LogP contribution in [0.25, 0.3) is 0 Å². The molecule has 1 aromatic carbocycles. The topological polar surface area (TPSA) is 60.2 Å². The predicted molar refractivity (Wildman–Crippen MR) is 97.3 cm³/mol. The van der Waals surface area contributed by atoms with Crippen molar-refractivity contribution in [2.75, 3.05) is 13.2 Å². The zero-order valence-electron chi connectivity index (χ0n) is 15.3. The van der Waals surface area contributed by atoms with E-state index in [4.69, 9.17) is 4.74 Å². The number of ether oxygens (including phenoxy) is 1. The van der Waals surface area contributed by atoms with Crippen LogP contribution in [-0.4, -0.2) is 39.0 Å². The molecule has 0 bridgehead atoms. The quantitative estimate of drug-likeness (QED) is 0.767. The summed E-state index contributed by atoms with van der Waals surface area (Å²) in [6, 6.07) is 9.99. The summed E-state index contributed by atoms with van der Waals surface area (Å²) >= 11 is 0. The Morgan fingerprint density at radius 2 is 2.08 bits per heavy atom. The number of fused-ring (bicyclic) bond motifs is 1. The van der Waals surface area contributed by atoms with Crippen LogP contribution in [0, 0.1) is 5.92 Å². The lowest BCUT2D eigenvalue weighted by Crippen LogP contribution is -2.42. The Kier molecular flexibility index (Phi) is 5.02. The van der Waals surface area contributed by atoms with Crippen LogP contribution in [0.15, 0.2) is 30.3 Å². The van der Waals surface area contributed by atoms with E-state index in [9.17, 15) is 4.79 Å². The number of hydrogen-bond acceptors (Lipinski definition) is 4. The summed E-state index contributed by atoms with van der Waals surface area (Å²) < 4.78 is 7.94. The van der Waals surface area contributed by atoms with Gasteiger partial charge in [0, 0.05) is 25.9 Å². The molecule has 0 N–H and O–H groups in total. The Labute approximate surface area is 154 Å². The molecule has 0 radical (unpaired) electrons. The van der Waals surface area contributed by atoms with E-state index in [0.29, 0.717) is 25.6 Å². The molecule has 1 atom stereocenters. The predicted octanol–water partition coefficient (Wildman–Crippen LogP) is 2.74. The summed E-state index contributed by atoms with van der Waals surface area (Å²) in [5.74, 6) is 0.818. The third kappa shape index (κ3) is 3.65. The zero-order valence-corrected chi connectivity index (χ0v) is 15.3. The molecule has 26 heavy (non-hydrogen) atoms. The molecule has 1 amide bonds. The minimum absolute atomic E-state index is 0.131. The fourth-order valence-corrected chi connectivity index (χ4v) is 3.66. The van der Waals surface area contributed by atoms with Gasteiger partial charge in [-0.1, -0.05) is 35.5 Å². The van der Waals surface area contributed by atoms with Crippen molar-refractivity contribution in [2.45, 2.75) is 51.8 Å². The van der Waals surface area contributed by atoms with E-state index < -0.39 is 0 Å². The molecule has 1 fully saturated rings. The van der Waals surface area contributed by atoms with Crippen LogP contribution in [0.5, 0.6) is 0 Å². The molecular weight excluding hydrogens is 328 g/mol. The first kappa shape index (κ1) is 17.2. The van der Waals surface area contributed by atoms with E-state index in [1.165, 1.54) is 12.8 Å². The van der Waals surface area contributed by atoms with Crippen molar-refractivity contribution in [2.24, 2.45) is 5.92 Å². The van der Waals surface area contributed by atoms with Gasteiger partial charge in [0.2, 0.25) is 5.91 Å². The molecule has 1 aromatic heterocycles. The van der Waals surface area contributed by atoms with Crippen molar-refractivity contribution < 1.29 is 9.53 Å². The lowest BCUT2D eigenvalue weighted by molar-refractivity contribution is -0.136. The SMILES string of the molecule is CCn1nnc2c1CCN(C(=O)CC1CC1)[C@@H]2COCc1ccccc1. The Morgan fingerprint density at radius 3 is 2.81 bits per heavy atom. The van der Waals surface area contributed by atoms with Crippen LogP contribution in [0.4, 0.5) is 0 Å². The summed E-state index contributed by atoms with van der Waals surface area (Å²) in [5, 5.41) is 8.67. The van der Waals surface area contributed by atoms with Crippen molar-refractivity contribution in [3.8, 4) is 0 Å². The Balaban J connectivity index is 1.49. The minimum Gasteiger partial charge on any atom is -0.374 e. The molecule has 2 aromatic rings. The molecule has 0 spiro atoms. The second-order valence-corrected chi connectivity index (χ2v) is 7.24. The molecule has 0 unspecified atom stereocenters. The van der Waals surface area contributed by atoms with Gasteiger partial charge in [-0.25, -0.2) is 4.68 Å². The molecule has 1 aliphatic carbocycles. The molecule has 1 aliphatic heterocycles. The van der Waals surface area contributed by atoms with E-state index in [-0.39, 0.29) is 11.9 Å². The molecule has 2 aliphatic rings. The molecule has 1 saturated carbocycles. The number of nitrogens with zero attached hydrogens (tertiary/aromatic N) is 4. The maximum atomic E-state index is 12.8. The van der Waals surface area contributed by atoms with Gasteiger partial charge in [-0.05, 0) is 31.2 Å². The lowest BCUT2D eigenvalue weighted by atomic mass is 10.0. The molecule has 4 rings (SSSR count). The number of carbonyl (C=O) groups is 1. The molecule has 138 valence electrons. The van der Waals surface area contributed by atoms with Crippen molar-refractivity contribution >= 4 is 5.91 Å². The van der Waals surface area contributed by atoms with Gasteiger partial charge in [0.25, 0.3) is 0 Å². The number of aryl methyl sites for hydroxylation is 1. The molecule has 6 nitrogen and oxygen atoms in total. The number of rotatable bonds is 7. The Bertz CT molecular complexity index is 754. The number of amides is 1. The third-order valence-corrected chi connectivity index (χ3v) is 5.32. The first-order valence-corrected chi connectivity index (χ1v) is 9.59. The largest absolute Gasteiger partial charge is 0.374 e. The van der Waals surface area contributed by atoms with Gasteiger partial charge < -0.3 is 9.64 Å². The van der Waals surface area contributed by atoms with Gasteiger partial charge in [0.15, 0.2) is 0 Å². The van der Waals surface area contributed by atoms with Crippen LogP contribution in [-0.2, 0) is 29.1 Å². The van der Waals surface area contributed by atoms with Gasteiger partial charge >= 0.3 is 0 Å². The van der Waals surface area contributed by atoms with E-state index in [1.54, 1.807) is 0 Å². The summed E-state index contributed by atoms with van der Waals surface area (Å²) in [5.41, 5.74) is 3.20.